The van der Waals surface area contributed by atoms with Crippen molar-refractivity contribution >= 4 is 24.3 Å². The van der Waals surface area contributed by atoms with E-state index in [-0.39, 0.29) is 11.9 Å². The molecule has 1 aliphatic rings. The van der Waals surface area contributed by atoms with Gasteiger partial charge in [0.05, 0.1) is 16.1 Å². The lowest BCUT2D eigenvalue weighted by molar-refractivity contribution is -0.139. The number of hydrogen-bond acceptors (Lipinski definition) is 7. The molecule has 1 rings (SSSR count). The highest BCUT2D eigenvalue weighted by Crippen LogP contribution is 2.32. The number of allylic oxidation sites excluding steroid dienone is 3. The maximum absolute atomic E-state index is 13.0. The predicted octanol–water partition coefficient (Wildman–Crippen LogP) is 4.12. The van der Waals surface area contributed by atoms with E-state index >= 15 is 0 Å². The molecule has 7 nitrogen and oxygen atoms in total. The van der Waals surface area contributed by atoms with Crippen LogP contribution < -0.4 is 0 Å². The zero-order valence-electron chi connectivity index (χ0n) is 21.7. The Morgan fingerprint density at radius 3 is 2.21 bits per heavy atom. The molecule has 0 aromatic heterocycles. The molecule has 0 aromatic rings. The van der Waals surface area contributed by atoms with Crippen molar-refractivity contribution < 1.29 is 32.3 Å². The molecule has 9 heteroatoms. The van der Waals surface area contributed by atoms with Gasteiger partial charge < -0.3 is 27.5 Å². The van der Waals surface area contributed by atoms with Crippen LogP contribution in [0.25, 0.3) is 0 Å². The highest BCUT2D eigenvalue weighted by molar-refractivity contribution is 6.69. The Hall–Kier alpha value is -0.816. The van der Waals surface area contributed by atoms with E-state index in [9.17, 15) is 4.79 Å². The lowest BCUT2D eigenvalue weighted by Gasteiger charge is -2.32. The number of carbonyl (C=O) groups excluding carboxylic acids is 1. The van der Waals surface area contributed by atoms with Crippen LogP contribution in [0.4, 0.5) is 0 Å². The van der Waals surface area contributed by atoms with E-state index in [1.807, 2.05) is 27.7 Å². The Morgan fingerprint density at radius 2 is 1.70 bits per heavy atom. The van der Waals surface area contributed by atoms with Gasteiger partial charge in [0.25, 0.3) is 0 Å². The molecule has 33 heavy (non-hydrogen) atoms. The van der Waals surface area contributed by atoms with E-state index < -0.39 is 18.3 Å². The molecule has 0 spiro atoms. The fourth-order valence-corrected chi connectivity index (χ4v) is 8.36. The summed E-state index contributed by atoms with van der Waals surface area (Å²) >= 11 is 0. The summed E-state index contributed by atoms with van der Waals surface area (Å²) in [6, 6.07) is 0.986. The van der Waals surface area contributed by atoms with Gasteiger partial charge in [-0.15, -0.1) is 0 Å². The lowest BCUT2D eigenvalue weighted by atomic mass is 9.90. The monoisotopic (exact) mass is 502 g/mol. The molecular formula is C24H46O7Si2. The van der Waals surface area contributed by atoms with Crippen molar-refractivity contribution in [3.8, 4) is 0 Å². The maximum Gasteiger partial charge on any atom is 0.533 e. The van der Waals surface area contributed by atoms with Gasteiger partial charge in [0.15, 0.2) is 0 Å². The Morgan fingerprint density at radius 1 is 1.06 bits per heavy atom. The van der Waals surface area contributed by atoms with Crippen molar-refractivity contribution in [2.24, 2.45) is 5.92 Å². The van der Waals surface area contributed by atoms with Gasteiger partial charge in [-0.3, -0.25) is 0 Å². The first-order valence-corrected chi connectivity index (χ1v) is 16.0. The van der Waals surface area contributed by atoms with Gasteiger partial charge in [-0.05, 0) is 72.1 Å². The third kappa shape index (κ3) is 10.5. The second-order valence-electron chi connectivity index (χ2n) is 8.18. The summed E-state index contributed by atoms with van der Waals surface area (Å²) in [6.45, 7) is 9.43. The fraction of sp³-hybridized carbons (Fsp3) is 0.792. The first-order valence-electron chi connectivity index (χ1n) is 12.5. The molecule has 0 bridgehead atoms. The Bertz CT molecular complexity index is 589. The maximum atomic E-state index is 13.0. The summed E-state index contributed by atoms with van der Waals surface area (Å²) in [6.07, 6.45) is 10.4. The van der Waals surface area contributed by atoms with Crippen LogP contribution in [0.1, 0.15) is 66.2 Å². The van der Waals surface area contributed by atoms with Gasteiger partial charge in [-0.25, -0.2) is 4.79 Å². The Labute approximate surface area is 204 Å². The summed E-state index contributed by atoms with van der Waals surface area (Å²) in [5.74, 6) is 0.213. The number of esters is 1. The Kier molecular flexibility index (Phi) is 16.1. The number of carbonyl (C=O) groups is 1. The van der Waals surface area contributed by atoms with Crippen molar-refractivity contribution in [1.29, 1.82) is 0 Å². The Balaban J connectivity index is 2.96. The highest BCUT2D eigenvalue weighted by Gasteiger charge is 2.47. The average molecular weight is 503 g/mol. The molecule has 1 atom stereocenters. The van der Waals surface area contributed by atoms with E-state index in [2.05, 4.69) is 12.2 Å². The molecule has 0 N–H and O–H groups in total. The zero-order valence-corrected chi connectivity index (χ0v) is 24.1. The van der Waals surface area contributed by atoms with Crippen LogP contribution in [-0.4, -0.2) is 70.9 Å². The summed E-state index contributed by atoms with van der Waals surface area (Å²) in [5, 5.41) is 0.876. The van der Waals surface area contributed by atoms with Crippen LogP contribution in [0.2, 0.25) is 6.04 Å². The molecule has 1 aliphatic carbocycles. The first kappa shape index (κ1) is 30.2. The molecular weight excluding hydrogens is 456 g/mol. The minimum absolute atomic E-state index is 0.0845. The summed E-state index contributed by atoms with van der Waals surface area (Å²) in [4.78, 5) is 13.0. The standard InChI is InChI=1S/C24H46O7Si2/c1-7-29-33(30-8-2,31-9-3)22(17-16-21-14-11-10-12-15-21)20(4)23(25)28-18-13-19-32-24(26-5)27-6/h10-11,21,24H,7-9,12-19,32H2,1-6H3. The molecule has 0 saturated carbocycles. The first-order chi connectivity index (χ1) is 16.0. The van der Waals surface area contributed by atoms with Crippen molar-refractivity contribution in [2.45, 2.75) is 78.2 Å². The van der Waals surface area contributed by atoms with Gasteiger partial charge in [0, 0.05) is 44.8 Å². The minimum atomic E-state index is -3.18. The molecule has 0 saturated heterocycles. The second-order valence-corrected chi connectivity index (χ2v) is 12.7. The van der Waals surface area contributed by atoms with Crippen LogP contribution in [0.15, 0.2) is 22.9 Å². The molecule has 0 radical (unpaired) electrons. The minimum Gasteiger partial charge on any atom is -0.462 e. The number of rotatable bonds is 18. The van der Waals surface area contributed by atoms with Crippen LogP contribution in [0.3, 0.4) is 0 Å². The summed E-state index contributed by atoms with van der Waals surface area (Å²) < 4.78 is 34.7. The highest BCUT2D eigenvalue weighted by atomic mass is 28.4. The average Bonchev–Trinajstić information content (AvgIpc) is 2.82. The fourth-order valence-electron chi connectivity index (χ4n) is 4.13. The molecule has 0 aliphatic heterocycles. The van der Waals surface area contributed by atoms with Crippen molar-refractivity contribution in [1.82, 2.24) is 0 Å². The lowest BCUT2D eigenvalue weighted by Crippen LogP contribution is -2.49. The molecule has 1 unspecified atom stereocenters. The van der Waals surface area contributed by atoms with E-state index in [0.29, 0.717) is 37.9 Å². The van der Waals surface area contributed by atoms with E-state index in [1.165, 1.54) is 6.42 Å². The van der Waals surface area contributed by atoms with Gasteiger partial charge in [-0.1, -0.05) is 18.2 Å². The van der Waals surface area contributed by atoms with Gasteiger partial charge in [0.2, 0.25) is 0 Å². The molecule has 0 amide bonds. The zero-order chi connectivity index (χ0) is 24.5. The van der Waals surface area contributed by atoms with E-state index in [0.717, 1.165) is 43.3 Å². The quantitative estimate of drug-likeness (QED) is 0.0697. The molecule has 0 fully saturated rings. The molecule has 192 valence electrons. The van der Waals surface area contributed by atoms with Crippen LogP contribution in [0, 0.1) is 5.92 Å². The van der Waals surface area contributed by atoms with E-state index in [1.54, 1.807) is 14.2 Å². The molecule has 0 aromatic carbocycles. The van der Waals surface area contributed by atoms with Crippen LogP contribution in [-0.2, 0) is 32.3 Å². The third-order valence-corrected chi connectivity index (χ3v) is 11.3. The third-order valence-electron chi connectivity index (χ3n) is 5.90. The van der Waals surface area contributed by atoms with Crippen LogP contribution >= 0.6 is 0 Å². The van der Waals surface area contributed by atoms with Crippen molar-refractivity contribution in [3.05, 3.63) is 22.9 Å². The SMILES string of the molecule is CCO[Si](OCC)(OCC)C(CCC1CC=CCC1)=C(C)C(=O)OCCC[SiH2]C(OC)OC. The van der Waals surface area contributed by atoms with E-state index in [4.69, 9.17) is 27.5 Å². The number of ether oxygens (including phenoxy) is 3. The summed E-state index contributed by atoms with van der Waals surface area (Å²) in [7, 11) is -0.387. The van der Waals surface area contributed by atoms with Gasteiger partial charge in [-0.2, -0.15) is 0 Å². The predicted molar refractivity (Wildman–Crippen MR) is 136 cm³/mol. The number of methoxy groups -OCH3 is 2. The van der Waals surface area contributed by atoms with Crippen molar-refractivity contribution in [2.75, 3.05) is 40.6 Å². The second kappa shape index (κ2) is 17.6. The van der Waals surface area contributed by atoms with Gasteiger partial charge in [0.1, 0.15) is 5.91 Å². The largest absolute Gasteiger partial charge is 0.533 e. The number of hydrogen-bond donors (Lipinski definition) is 0. The van der Waals surface area contributed by atoms with Gasteiger partial charge >= 0.3 is 14.8 Å². The van der Waals surface area contributed by atoms with Crippen molar-refractivity contribution in [3.63, 3.8) is 0 Å². The molecule has 0 heterocycles. The summed E-state index contributed by atoms with van der Waals surface area (Å²) in [5.41, 5.74) is 0.576. The van der Waals surface area contributed by atoms with Crippen LogP contribution in [0.5, 0.6) is 0 Å². The topological polar surface area (TPSA) is 72.5 Å². The smallest absolute Gasteiger partial charge is 0.462 e. The normalized spacial score (nSPS) is 17.7.